The van der Waals surface area contributed by atoms with Gasteiger partial charge >= 0.3 is 0 Å². The second-order valence-electron chi connectivity index (χ2n) is 5.45. The largest absolute Gasteiger partial charge is 0.454 e. The molecule has 5 heteroatoms. The molecule has 0 aromatic heterocycles. The maximum absolute atomic E-state index is 11.9. The van der Waals surface area contributed by atoms with Crippen molar-refractivity contribution in [2.45, 2.75) is 25.8 Å². The summed E-state index contributed by atoms with van der Waals surface area (Å²) in [7, 11) is 0. The molecular formula is C15H21N2O3+. The van der Waals surface area contributed by atoms with Crippen LogP contribution in [0.5, 0.6) is 11.5 Å². The molecule has 108 valence electrons. The van der Waals surface area contributed by atoms with E-state index in [4.69, 9.17) is 9.47 Å². The van der Waals surface area contributed by atoms with Crippen LogP contribution in [0.25, 0.3) is 0 Å². The lowest BCUT2D eigenvalue weighted by atomic mass is 10.1. The number of ether oxygens (including phenoxy) is 2. The predicted octanol–water partition coefficient (Wildman–Crippen LogP) is 0.100. The summed E-state index contributed by atoms with van der Waals surface area (Å²) < 4.78 is 10.6. The van der Waals surface area contributed by atoms with E-state index in [9.17, 15) is 4.79 Å². The fourth-order valence-corrected chi connectivity index (χ4v) is 2.77. The average Bonchev–Trinajstić information content (AvgIpc) is 2.93. The van der Waals surface area contributed by atoms with Crippen molar-refractivity contribution in [3.05, 3.63) is 23.8 Å². The molecule has 1 aromatic carbocycles. The lowest BCUT2D eigenvalue weighted by Gasteiger charge is -2.22. The van der Waals surface area contributed by atoms with Crippen molar-refractivity contribution < 1.29 is 19.2 Å². The molecule has 3 rings (SSSR count). The Kier molecular flexibility index (Phi) is 4.06. The van der Waals surface area contributed by atoms with E-state index in [0.717, 1.165) is 30.2 Å². The Balaban J connectivity index is 1.47. The number of rotatable bonds is 4. The smallest absolute Gasteiger partial charge is 0.275 e. The minimum Gasteiger partial charge on any atom is -0.454 e. The van der Waals surface area contributed by atoms with E-state index in [0.29, 0.717) is 13.1 Å². The van der Waals surface area contributed by atoms with Gasteiger partial charge in [-0.1, -0.05) is 6.07 Å². The Morgan fingerprint density at radius 3 is 2.80 bits per heavy atom. The van der Waals surface area contributed by atoms with Crippen LogP contribution in [-0.4, -0.2) is 32.3 Å². The molecule has 0 atom stereocenters. The van der Waals surface area contributed by atoms with E-state index in [1.165, 1.54) is 24.2 Å². The number of likely N-dealkylation sites (tertiary alicyclic amines) is 1. The molecule has 0 saturated carbocycles. The lowest BCUT2D eigenvalue weighted by molar-refractivity contribution is -0.896. The quantitative estimate of drug-likeness (QED) is 0.821. The van der Waals surface area contributed by atoms with E-state index in [2.05, 4.69) is 5.32 Å². The molecule has 0 aliphatic carbocycles. The summed E-state index contributed by atoms with van der Waals surface area (Å²) in [6, 6.07) is 5.78. The molecule has 0 radical (unpaired) electrons. The van der Waals surface area contributed by atoms with Crippen molar-refractivity contribution in [1.82, 2.24) is 5.32 Å². The zero-order valence-electron chi connectivity index (χ0n) is 11.6. The number of amides is 1. The van der Waals surface area contributed by atoms with E-state index in [-0.39, 0.29) is 12.7 Å². The fraction of sp³-hybridized carbons (Fsp3) is 0.533. The molecule has 0 bridgehead atoms. The van der Waals surface area contributed by atoms with Crippen molar-refractivity contribution in [3.63, 3.8) is 0 Å². The first-order valence-electron chi connectivity index (χ1n) is 7.30. The van der Waals surface area contributed by atoms with Crippen molar-refractivity contribution in [2.24, 2.45) is 0 Å². The number of nitrogens with one attached hydrogen (secondary N) is 2. The van der Waals surface area contributed by atoms with Crippen LogP contribution in [0.15, 0.2) is 18.2 Å². The third-order valence-electron chi connectivity index (χ3n) is 3.90. The monoisotopic (exact) mass is 277 g/mol. The van der Waals surface area contributed by atoms with Crippen LogP contribution in [-0.2, 0) is 11.3 Å². The first kappa shape index (κ1) is 13.2. The maximum atomic E-state index is 11.9. The van der Waals surface area contributed by atoms with Gasteiger partial charge in [0.1, 0.15) is 0 Å². The number of piperidine rings is 1. The van der Waals surface area contributed by atoms with Gasteiger partial charge in [-0.15, -0.1) is 0 Å². The second kappa shape index (κ2) is 6.13. The van der Waals surface area contributed by atoms with Crippen LogP contribution in [0.2, 0.25) is 0 Å². The Labute approximate surface area is 118 Å². The maximum Gasteiger partial charge on any atom is 0.275 e. The van der Waals surface area contributed by atoms with Crippen LogP contribution in [0.3, 0.4) is 0 Å². The number of hydrogen-bond acceptors (Lipinski definition) is 3. The van der Waals surface area contributed by atoms with E-state index >= 15 is 0 Å². The van der Waals surface area contributed by atoms with Crippen molar-refractivity contribution in [1.29, 1.82) is 0 Å². The highest BCUT2D eigenvalue weighted by atomic mass is 16.7. The molecule has 20 heavy (non-hydrogen) atoms. The summed E-state index contributed by atoms with van der Waals surface area (Å²) in [5.41, 5.74) is 1.04. The van der Waals surface area contributed by atoms with Crippen LogP contribution in [0, 0.1) is 0 Å². The third-order valence-corrected chi connectivity index (χ3v) is 3.90. The summed E-state index contributed by atoms with van der Waals surface area (Å²) >= 11 is 0. The van der Waals surface area contributed by atoms with Gasteiger partial charge in [0.15, 0.2) is 18.0 Å². The molecule has 1 fully saturated rings. The average molecular weight is 277 g/mol. The number of hydrogen-bond donors (Lipinski definition) is 2. The highest BCUT2D eigenvalue weighted by Gasteiger charge is 2.17. The number of fused-ring (bicyclic) bond motifs is 1. The van der Waals surface area contributed by atoms with Gasteiger partial charge in [-0.05, 0) is 37.0 Å². The zero-order valence-corrected chi connectivity index (χ0v) is 11.6. The summed E-state index contributed by atoms with van der Waals surface area (Å²) in [6.07, 6.45) is 3.79. The van der Waals surface area contributed by atoms with Crippen LogP contribution >= 0.6 is 0 Å². The summed E-state index contributed by atoms with van der Waals surface area (Å²) in [6.45, 7) is 3.66. The molecule has 1 saturated heterocycles. The molecule has 1 aromatic rings. The Morgan fingerprint density at radius 1 is 1.15 bits per heavy atom. The molecule has 0 unspecified atom stereocenters. The van der Waals surface area contributed by atoms with E-state index < -0.39 is 0 Å². The highest BCUT2D eigenvalue weighted by molar-refractivity contribution is 5.76. The van der Waals surface area contributed by atoms with Crippen LogP contribution < -0.4 is 19.7 Å². The first-order valence-corrected chi connectivity index (χ1v) is 7.30. The lowest BCUT2D eigenvalue weighted by Crippen LogP contribution is -3.13. The minimum absolute atomic E-state index is 0.125. The second-order valence-corrected chi connectivity index (χ2v) is 5.45. The molecule has 0 spiro atoms. The van der Waals surface area contributed by atoms with Crippen molar-refractivity contribution >= 4 is 5.91 Å². The molecule has 2 heterocycles. The first-order chi connectivity index (χ1) is 9.81. The third kappa shape index (κ3) is 3.22. The van der Waals surface area contributed by atoms with Gasteiger partial charge in [-0.2, -0.15) is 0 Å². The number of carbonyl (C=O) groups is 1. The van der Waals surface area contributed by atoms with Gasteiger partial charge < -0.3 is 19.7 Å². The summed E-state index contributed by atoms with van der Waals surface area (Å²) in [5, 5.41) is 2.98. The normalized spacial score (nSPS) is 18.0. The molecular weight excluding hydrogens is 256 g/mol. The molecule has 2 aliphatic rings. The van der Waals surface area contributed by atoms with E-state index in [1.807, 2.05) is 18.2 Å². The Hall–Kier alpha value is -1.75. The molecule has 2 aliphatic heterocycles. The topological polar surface area (TPSA) is 52.0 Å². The van der Waals surface area contributed by atoms with E-state index in [1.54, 1.807) is 0 Å². The van der Waals surface area contributed by atoms with Gasteiger partial charge in [0.2, 0.25) is 6.79 Å². The predicted molar refractivity (Wildman–Crippen MR) is 73.8 cm³/mol. The van der Waals surface area contributed by atoms with Gasteiger partial charge in [-0.3, -0.25) is 4.79 Å². The Morgan fingerprint density at radius 2 is 1.95 bits per heavy atom. The van der Waals surface area contributed by atoms with Crippen molar-refractivity contribution in [3.8, 4) is 11.5 Å². The number of benzene rings is 1. The standard InChI is InChI=1S/C15H20N2O3/c18-15(10-17-6-2-1-3-7-17)16-9-12-4-5-13-14(8-12)20-11-19-13/h4-5,8H,1-3,6-7,9-11H2,(H,16,18)/p+1. The summed E-state index contributed by atoms with van der Waals surface area (Å²) in [4.78, 5) is 13.3. The summed E-state index contributed by atoms with van der Waals surface area (Å²) in [5.74, 6) is 1.66. The number of carbonyl (C=O) groups excluding carboxylic acids is 1. The molecule has 1 amide bonds. The SMILES string of the molecule is O=C(C[NH+]1CCCCC1)NCc1ccc2c(c1)OCO2. The van der Waals surface area contributed by atoms with Crippen LogP contribution in [0.4, 0.5) is 0 Å². The van der Waals surface area contributed by atoms with Gasteiger partial charge in [0.05, 0.1) is 13.1 Å². The van der Waals surface area contributed by atoms with Gasteiger partial charge in [-0.25, -0.2) is 0 Å². The van der Waals surface area contributed by atoms with Crippen molar-refractivity contribution in [2.75, 3.05) is 26.4 Å². The zero-order chi connectivity index (χ0) is 13.8. The van der Waals surface area contributed by atoms with Crippen LogP contribution in [0.1, 0.15) is 24.8 Å². The highest BCUT2D eigenvalue weighted by Crippen LogP contribution is 2.32. The molecule has 5 nitrogen and oxygen atoms in total. The number of quaternary nitrogens is 1. The molecule has 2 N–H and O–H groups in total. The van der Waals surface area contributed by atoms with Gasteiger partial charge in [0.25, 0.3) is 5.91 Å². The van der Waals surface area contributed by atoms with Gasteiger partial charge in [0, 0.05) is 6.54 Å². The minimum atomic E-state index is 0.125. The fourth-order valence-electron chi connectivity index (χ4n) is 2.77. The Bertz CT molecular complexity index is 484.